The summed E-state index contributed by atoms with van der Waals surface area (Å²) in [6.45, 7) is 8.39. The number of halogens is 2. The van der Waals surface area contributed by atoms with Gasteiger partial charge >= 0.3 is 35.6 Å². The number of benzene rings is 1. The number of rotatable bonds is 2. The van der Waals surface area contributed by atoms with Crippen LogP contribution < -0.4 is 0 Å². The molecule has 115 valence electrons. The zero-order chi connectivity index (χ0) is 16.3. The third-order valence-corrected chi connectivity index (χ3v) is 2.90. The molecule has 1 aromatic rings. The summed E-state index contributed by atoms with van der Waals surface area (Å²) in [5.41, 5.74) is 2.09. The van der Waals surface area contributed by atoms with E-state index in [1.165, 1.54) is 0 Å². The molecule has 1 N–H and O–H groups in total. The fraction of sp³-hybridized carbons (Fsp3) is 0.353. The Morgan fingerprint density at radius 2 is 1.24 bits per heavy atom. The maximum atomic E-state index is 9.93. The fourth-order valence-electron chi connectivity index (χ4n) is 1.83. The molecule has 1 aromatic carbocycles. The third-order valence-electron chi connectivity index (χ3n) is 2.90. The van der Waals surface area contributed by atoms with Gasteiger partial charge in [0.05, 0.1) is 0 Å². The van der Waals surface area contributed by atoms with Crippen molar-refractivity contribution < 1.29 is 22.1 Å². The van der Waals surface area contributed by atoms with Crippen molar-refractivity contribution in [3.05, 3.63) is 60.1 Å². The molecule has 0 aliphatic heterocycles. The van der Waals surface area contributed by atoms with Crippen LogP contribution >= 0.6 is 18.6 Å². The number of hydrogen-bond acceptors (Lipinski definition) is 1. The number of aromatic hydroxyl groups is 1. The molecule has 0 saturated carbocycles. The van der Waals surface area contributed by atoms with Gasteiger partial charge in [0.1, 0.15) is 5.75 Å². The first-order valence-electron chi connectivity index (χ1n) is 6.90. The quantitative estimate of drug-likeness (QED) is 0.610. The van der Waals surface area contributed by atoms with Gasteiger partial charge < -0.3 is 5.11 Å². The van der Waals surface area contributed by atoms with E-state index in [0.717, 1.165) is 11.1 Å². The van der Waals surface area contributed by atoms with E-state index < -0.39 is 17.0 Å². The van der Waals surface area contributed by atoms with Crippen molar-refractivity contribution >= 4 is 18.6 Å². The van der Waals surface area contributed by atoms with Gasteiger partial charge in [-0.25, -0.2) is 0 Å². The molecule has 4 heteroatoms. The van der Waals surface area contributed by atoms with Crippen LogP contribution in [0.2, 0.25) is 0 Å². The summed E-state index contributed by atoms with van der Waals surface area (Å²) in [6, 6.07) is 6.00. The topological polar surface area (TPSA) is 20.2 Å². The van der Waals surface area contributed by atoms with Crippen molar-refractivity contribution in [3.8, 4) is 5.75 Å². The van der Waals surface area contributed by atoms with Gasteiger partial charge in [-0.15, -0.1) is 0 Å². The standard InChI is InChI=1S/C12H18O.C5H5.2ClH.Ti/c1-8(2)10-6-5-7-11(9(3)4)12(10)13;1-2-4-5-3-1;;;/h5-9,13H,1-4H3;1-5H;2*1H;/q;;;;+2/p-2. The minimum atomic E-state index is -0.556. The number of allylic oxidation sites excluding steroid dienone is 4. The molecule has 0 saturated heterocycles. The minimum absolute atomic E-state index is 0.388. The average Bonchev–Trinajstić information content (AvgIpc) is 2.98. The second-order valence-corrected chi connectivity index (χ2v) is 7.71. The van der Waals surface area contributed by atoms with E-state index in [1.807, 2.05) is 48.9 Å². The summed E-state index contributed by atoms with van der Waals surface area (Å²) in [4.78, 5) is 0. The zero-order valence-corrected chi connectivity index (χ0v) is 16.1. The van der Waals surface area contributed by atoms with Crippen molar-refractivity contribution in [1.82, 2.24) is 0 Å². The maximum absolute atomic E-state index is 9.93. The van der Waals surface area contributed by atoms with Crippen LogP contribution in [0.25, 0.3) is 0 Å². The second-order valence-electron chi connectivity index (χ2n) is 5.13. The molecular weight excluding hydrogens is 339 g/mol. The van der Waals surface area contributed by atoms with Crippen molar-refractivity contribution in [1.29, 1.82) is 0 Å². The van der Waals surface area contributed by atoms with Crippen LogP contribution in [0.4, 0.5) is 0 Å². The van der Waals surface area contributed by atoms with Gasteiger partial charge in [0.15, 0.2) is 0 Å². The number of phenolic OH excluding ortho intramolecular Hbond substituents is 1. The van der Waals surface area contributed by atoms with Crippen LogP contribution in [0, 0.1) is 6.42 Å². The Kier molecular flexibility index (Phi) is 12.2. The molecule has 1 aliphatic carbocycles. The van der Waals surface area contributed by atoms with Gasteiger partial charge in [0.2, 0.25) is 0 Å². The van der Waals surface area contributed by atoms with Crippen LogP contribution in [0.15, 0.2) is 42.5 Å². The molecule has 21 heavy (non-hydrogen) atoms. The number of phenols is 1. The summed E-state index contributed by atoms with van der Waals surface area (Å²) in [5, 5.41) is 9.93. The molecule has 0 aromatic heterocycles. The average molecular weight is 362 g/mol. The summed E-state index contributed by atoms with van der Waals surface area (Å²) in [7, 11) is 9.78. The Balaban J connectivity index is 0.000000410. The third kappa shape index (κ3) is 8.73. The van der Waals surface area contributed by atoms with Crippen molar-refractivity contribution in [2.24, 2.45) is 0 Å². The first kappa shape index (κ1) is 20.8. The van der Waals surface area contributed by atoms with Gasteiger partial charge in [-0.1, -0.05) is 70.2 Å². The van der Waals surface area contributed by atoms with E-state index in [-0.39, 0.29) is 0 Å². The van der Waals surface area contributed by atoms with Gasteiger partial charge in [-0.3, -0.25) is 0 Å². The molecule has 0 heterocycles. The number of hydrogen-bond donors (Lipinski definition) is 1. The van der Waals surface area contributed by atoms with E-state index >= 15 is 0 Å². The van der Waals surface area contributed by atoms with Crippen LogP contribution in [0.5, 0.6) is 5.75 Å². The Bertz CT molecular complexity index is 418. The first-order chi connectivity index (χ1) is 9.95. The Morgan fingerprint density at radius 1 is 0.857 bits per heavy atom. The SMILES string of the molecule is CC(C)c1cccc(C(C)C)c1O.[CH]1C=CC=C1.[Cl][Ti][Cl]. The van der Waals surface area contributed by atoms with Gasteiger partial charge in [0.25, 0.3) is 0 Å². The molecule has 1 aliphatic rings. The molecule has 0 spiro atoms. The Labute approximate surface area is 145 Å². The predicted octanol–water partition coefficient (Wildman–Crippen LogP) is 6.33. The molecule has 1 radical (unpaired) electrons. The Morgan fingerprint density at radius 3 is 1.48 bits per heavy atom. The second kappa shape index (κ2) is 12.3. The van der Waals surface area contributed by atoms with Crippen LogP contribution in [0.3, 0.4) is 0 Å². The summed E-state index contributed by atoms with van der Waals surface area (Å²) in [5.74, 6) is 1.25. The first-order valence-corrected chi connectivity index (χ1v) is 11.2. The Hall–Kier alpha value is -0.206. The van der Waals surface area contributed by atoms with Crippen LogP contribution in [0.1, 0.15) is 50.7 Å². The normalized spacial score (nSPS) is 11.8. The molecule has 0 amide bonds. The van der Waals surface area contributed by atoms with Gasteiger partial charge in [-0.2, -0.15) is 0 Å². The molecule has 2 rings (SSSR count). The summed E-state index contributed by atoms with van der Waals surface area (Å²) in [6.07, 6.45) is 10.0. The van der Waals surface area contributed by atoms with Gasteiger partial charge in [0, 0.05) is 6.42 Å². The summed E-state index contributed by atoms with van der Waals surface area (Å²) < 4.78 is 0. The van der Waals surface area contributed by atoms with E-state index in [4.69, 9.17) is 18.6 Å². The van der Waals surface area contributed by atoms with E-state index in [9.17, 15) is 5.11 Å². The van der Waals surface area contributed by atoms with E-state index in [2.05, 4.69) is 27.7 Å². The molecule has 0 unspecified atom stereocenters. The molecule has 0 bridgehead atoms. The number of para-hydroxylation sites is 1. The van der Waals surface area contributed by atoms with Crippen molar-refractivity contribution in [3.63, 3.8) is 0 Å². The van der Waals surface area contributed by atoms with Crippen LogP contribution in [-0.2, 0) is 17.0 Å². The zero-order valence-electron chi connectivity index (χ0n) is 13.0. The molecule has 1 nitrogen and oxygen atoms in total. The van der Waals surface area contributed by atoms with E-state index in [0.29, 0.717) is 17.6 Å². The van der Waals surface area contributed by atoms with Gasteiger partial charge in [-0.05, 0) is 23.0 Å². The van der Waals surface area contributed by atoms with E-state index in [1.54, 1.807) is 0 Å². The fourth-order valence-corrected chi connectivity index (χ4v) is 1.83. The summed E-state index contributed by atoms with van der Waals surface area (Å²) >= 11 is -0.556. The van der Waals surface area contributed by atoms with Crippen molar-refractivity contribution in [2.75, 3.05) is 0 Å². The monoisotopic (exact) mass is 361 g/mol. The molecular formula is C17H23Cl2OTi. The molecule has 0 atom stereocenters. The van der Waals surface area contributed by atoms with Crippen molar-refractivity contribution in [2.45, 2.75) is 39.5 Å². The van der Waals surface area contributed by atoms with Crippen LogP contribution in [-0.4, -0.2) is 5.11 Å². The molecule has 0 fully saturated rings. The predicted molar refractivity (Wildman–Crippen MR) is 90.6 cm³/mol.